The second-order valence-electron chi connectivity index (χ2n) is 7.68. The molecule has 0 bridgehead atoms. The topological polar surface area (TPSA) is 0 Å². The largest absolute Gasteiger partial charge is 0.0651 e. The van der Waals surface area contributed by atoms with Gasteiger partial charge in [-0.1, -0.05) is 106 Å². The molecule has 4 unspecified atom stereocenters. The minimum absolute atomic E-state index is 0.932. The highest BCUT2D eigenvalue weighted by molar-refractivity contribution is 4.61. The zero-order valence-electron chi connectivity index (χ0n) is 15.4. The highest BCUT2D eigenvalue weighted by Gasteiger charge is 2.08. The van der Waals surface area contributed by atoms with Crippen molar-refractivity contribution in [2.75, 3.05) is 0 Å². The van der Waals surface area contributed by atoms with Crippen LogP contribution in [0.15, 0.2) is 0 Å². The van der Waals surface area contributed by atoms with Crippen molar-refractivity contribution in [3.05, 3.63) is 0 Å². The summed E-state index contributed by atoms with van der Waals surface area (Å²) in [5.41, 5.74) is 0. The van der Waals surface area contributed by atoms with Crippen molar-refractivity contribution in [2.45, 2.75) is 106 Å². The van der Waals surface area contributed by atoms with Crippen molar-refractivity contribution in [3.63, 3.8) is 0 Å². The molecule has 0 N–H and O–H groups in total. The summed E-state index contributed by atoms with van der Waals surface area (Å²) in [6.07, 6.45) is 14.3. The average molecular weight is 283 g/mol. The Kier molecular flexibility index (Phi) is 12.7. The van der Waals surface area contributed by atoms with Crippen LogP contribution < -0.4 is 0 Å². The van der Waals surface area contributed by atoms with E-state index in [0.29, 0.717) is 0 Å². The molecule has 0 rings (SSSR count). The van der Waals surface area contributed by atoms with Gasteiger partial charge >= 0.3 is 0 Å². The first-order valence-corrected chi connectivity index (χ1v) is 9.49. The number of hydrogen-bond donors (Lipinski definition) is 0. The van der Waals surface area contributed by atoms with E-state index in [1.165, 1.54) is 64.2 Å². The molecule has 0 aliphatic carbocycles. The van der Waals surface area contributed by atoms with Crippen LogP contribution in [0.4, 0.5) is 0 Å². The molecule has 0 spiro atoms. The van der Waals surface area contributed by atoms with Gasteiger partial charge in [-0.3, -0.25) is 0 Å². The van der Waals surface area contributed by atoms with Crippen LogP contribution in [0.25, 0.3) is 0 Å². The van der Waals surface area contributed by atoms with Gasteiger partial charge in [0.1, 0.15) is 0 Å². The molecule has 4 atom stereocenters. The average Bonchev–Trinajstić information content (AvgIpc) is 2.44. The van der Waals surface area contributed by atoms with E-state index in [9.17, 15) is 0 Å². The molecule has 0 aliphatic rings. The molecule has 0 aromatic carbocycles. The van der Waals surface area contributed by atoms with Crippen molar-refractivity contribution in [1.82, 2.24) is 0 Å². The van der Waals surface area contributed by atoms with Crippen molar-refractivity contribution < 1.29 is 0 Å². The third-order valence-corrected chi connectivity index (χ3v) is 5.33. The van der Waals surface area contributed by atoms with Crippen molar-refractivity contribution in [1.29, 1.82) is 0 Å². The molecule has 0 aromatic heterocycles. The van der Waals surface area contributed by atoms with Gasteiger partial charge in [-0.25, -0.2) is 0 Å². The summed E-state index contributed by atoms with van der Waals surface area (Å²) in [5.74, 6) is 3.75. The van der Waals surface area contributed by atoms with E-state index in [1.54, 1.807) is 0 Å². The zero-order valence-corrected chi connectivity index (χ0v) is 15.4. The van der Waals surface area contributed by atoms with E-state index < -0.39 is 0 Å². The van der Waals surface area contributed by atoms with Gasteiger partial charge in [-0.2, -0.15) is 0 Å². The van der Waals surface area contributed by atoms with Gasteiger partial charge < -0.3 is 0 Å². The fourth-order valence-electron chi connectivity index (χ4n) is 2.90. The second-order valence-corrected chi connectivity index (χ2v) is 7.68. The lowest BCUT2D eigenvalue weighted by atomic mass is 9.89. The fraction of sp³-hybridized carbons (Fsp3) is 1.00. The molecule has 0 heterocycles. The first-order valence-electron chi connectivity index (χ1n) is 9.49. The number of hydrogen-bond acceptors (Lipinski definition) is 0. The number of rotatable bonds is 13. The Labute approximate surface area is 130 Å². The monoisotopic (exact) mass is 282 g/mol. The SMILES string of the molecule is CCC(C)CCCC(C)CCC(C)CCCC(C)CC. The van der Waals surface area contributed by atoms with Crippen LogP contribution in [0.3, 0.4) is 0 Å². The first kappa shape index (κ1) is 20.0. The first-order chi connectivity index (χ1) is 9.49. The summed E-state index contributed by atoms with van der Waals surface area (Å²) in [6.45, 7) is 14.3. The molecular weight excluding hydrogens is 240 g/mol. The van der Waals surface area contributed by atoms with E-state index in [4.69, 9.17) is 0 Å². The molecular formula is C20H42. The van der Waals surface area contributed by atoms with Crippen LogP contribution in [0.1, 0.15) is 106 Å². The lowest BCUT2D eigenvalue weighted by Crippen LogP contribution is -2.03. The van der Waals surface area contributed by atoms with Gasteiger partial charge in [-0.05, 0) is 23.7 Å². The summed E-state index contributed by atoms with van der Waals surface area (Å²) in [4.78, 5) is 0. The van der Waals surface area contributed by atoms with Crippen LogP contribution >= 0.6 is 0 Å². The second kappa shape index (κ2) is 12.7. The molecule has 0 nitrogen and oxygen atoms in total. The van der Waals surface area contributed by atoms with E-state index >= 15 is 0 Å². The predicted octanol–water partition coefficient (Wildman–Crippen LogP) is 7.47. The molecule has 0 saturated carbocycles. The highest BCUT2D eigenvalue weighted by Crippen LogP contribution is 2.23. The molecule has 122 valence electrons. The Morgan fingerprint density at radius 2 is 0.750 bits per heavy atom. The molecule has 0 heteroatoms. The molecule has 20 heavy (non-hydrogen) atoms. The van der Waals surface area contributed by atoms with Crippen LogP contribution in [0.2, 0.25) is 0 Å². The van der Waals surface area contributed by atoms with Crippen LogP contribution in [0.5, 0.6) is 0 Å². The molecule has 0 amide bonds. The smallest absolute Gasteiger partial charge is 0.0443 e. The Bertz CT molecular complexity index is 174. The minimum Gasteiger partial charge on any atom is -0.0651 e. The zero-order chi connectivity index (χ0) is 15.4. The normalized spacial score (nSPS) is 17.7. The van der Waals surface area contributed by atoms with Gasteiger partial charge in [0.2, 0.25) is 0 Å². The Balaban J connectivity index is 3.50. The fourth-order valence-corrected chi connectivity index (χ4v) is 2.90. The molecule has 0 fully saturated rings. The minimum atomic E-state index is 0.932. The van der Waals surface area contributed by atoms with Crippen molar-refractivity contribution in [3.8, 4) is 0 Å². The summed E-state index contributed by atoms with van der Waals surface area (Å²) in [7, 11) is 0. The third kappa shape index (κ3) is 11.8. The Hall–Kier alpha value is 0. The molecule has 0 saturated heterocycles. The third-order valence-electron chi connectivity index (χ3n) is 5.33. The van der Waals surface area contributed by atoms with Gasteiger partial charge in [0.15, 0.2) is 0 Å². The lowest BCUT2D eigenvalue weighted by Gasteiger charge is -2.17. The van der Waals surface area contributed by atoms with Crippen LogP contribution in [0, 0.1) is 23.7 Å². The molecule has 0 aliphatic heterocycles. The highest BCUT2D eigenvalue weighted by atomic mass is 14.1. The standard InChI is InChI=1S/C20H42/c1-7-17(3)11-9-13-19(5)15-16-20(6)14-10-12-18(4)8-2/h17-20H,7-16H2,1-6H3. The predicted molar refractivity (Wildman–Crippen MR) is 94.2 cm³/mol. The van der Waals surface area contributed by atoms with Gasteiger partial charge in [0.25, 0.3) is 0 Å². The molecule has 0 aromatic rings. The van der Waals surface area contributed by atoms with Gasteiger partial charge in [0.05, 0.1) is 0 Å². The maximum absolute atomic E-state index is 2.46. The van der Waals surface area contributed by atoms with E-state index in [1.807, 2.05) is 0 Å². The van der Waals surface area contributed by atoms with Crippen LogP contribution in [-0.2, 0) is 0 Å². The quantitative estimate of drug-likeness (QED) is 0.328. The maximum Gasteiger partial charge on any atom is -0.0443 e. The Morgan fingerprint density at radius 1 is 0.450 bits per heavy atom. The Morgan fingerprint density at radius 3 is 1.05 bits per heavy atom. The van der Waals surface area contributed by atoms with E-state index in [-0.39, 0.29) is 0 Å². The van der Waals surface area contributed by atoms with Crippen LogP contribution in [-0.4, -0.2) is 0 Å². The van der Waals surface area contributed by atoms with E-state index in [2.05, 4.69) is 41.5 Å². The van der Waals surface area contributed by atoms with Gasteiger partial charge in [0, 0.05) is 0 Å². The van der Waals surface area contributed by atoms with Crippen molar-refractivity contribution in [2.24, 2.45) is 23.7 Å². The van der Waals surface area contributed by atoms with Gasteiger partial charge in [-0.15, -0.1) is 0 Å². The summed E-state index contributed by atoms with van der Waals surface area (Å²) >= 11 is 0. The summed E-state index contributed by atoms with van der Waals surface area (Å²) < 4.78 is 0. The summed E-state index contributed by atoms with van der Waals surface area (Å²) in [6, 6.07) is 0. The van der Waals surface area contributed by atoms with E-state index in [0.717, 1.165) is 23.7 Å². The van der Waals surface area contributed by atoms with Crippen molar-refractivity contribution >= 4 is 0 Å². The summed E-state index contributed by atoms with van der Waals surface area (Å²) in [5, 5.41) is 0. The maximum atomic E-state index is 2.46. The lowest BCUT2D eigenvalue weighted by molar-refractivity contribution is 0.360. The molecule has 0 radical (unpaired) electrons.